The number of nitrogens with zero attached hydrogens (tertiary/aromatic N) is 1. The average Bonchev–Trinajstić information content (AvgIpc) is 3.15. The summed E-state index contributed by atoms with van der Waals surface area (Å²) >= 11 is 0. The fourth-order valence-electron chi connectivity index (χ4n) is 3.28. The van der Waals surface area contributed by atoms with E-state index in [9.17, 15) is 8.42 Å². The number of hydrogen-bond donors (Lipinski definition) is 0. The predicted octanol–water partition coefficient (Wildman–Crippen LogP) is 4.59. The van der Waals surface area contributed by atoms with Crippen LogP contribution in [0.1, 0.15) is 5.56 Å². The molecule has 0 N–H and O–H groups in total. The van der Waals surface area contributed by atoms with Crippen LogP contribution in [0.4, 0.5) is 0 Å². The molecule has 29 heavy (non-hydrogen) atoms. The number of para-hydroxylation sites is 1. The zero-order chi connectivity index (χ0) is 20.3. The van der Waals surface area contributed by atoms with Gasteiger partial charge < -0.3 is 9.30 Å². The molecule has 0 aliphatic rings. The van der Waals surface area contributed by atoms with Crippen LogP contribution in [0, 0.1) is 0 Å². The van der Waals surface area contributed by atoms with E-state index in [0.717, 1.165) is 22.5 Å². The fourth-order valence-corrected chi connectivity index (χ4v) is 4.39. The van der Waals surface area contributed by atoms with Gasteiger partial charge in [-0.05, 0) is 42.3 Å². The highest BCUT2D eigenvalue weighted by Gasteiger charge is 2.22. The number of benzene rings is 3. The van der Waals surface area contributed by atoms with E-state index in [0.29, 0.717) is 11.8 Å². The van der Waals surface area contributed by atoms with Gasteiger partial charge in [0.15, 0.2) is 0 Å². The highest BCUT2D eigenvalue weighted by atomic mass is 32.2. The van der Waals surface area contributed by atoms with Crippen LogP contribution >= 0.6 is 0 Å². The van der Waals surface area contributed by atoms with Crippen molar-refractivity contribution in [2.45, 2.75) is 11.3 Å². The van der Waals surface area contributed by atoms with Gasteiger partial charge in [-0.25, -0.2) is 0 Å². The van der Waals surface area contributed by atoms with E-state index in [1.807, 2.05) is 77.4 Å². The van der Waals surface area contributed by atoms with Crippen LogP contribution in [0.2, 0.25) is 0 Å². The second kappa shape index (κ2) is 8.11. The lowest BCUT2D eigenvalue weighted by Crippen LogP contribution is -2.09. The molecule has 0 aliphatic heterocycles. The van der Waals surface area contributed by atoms with E-state index in [2.05, 4.69) is 0 Å². The molecule has 0 unspecified atom stereocenters. The van der Waals surface area contributed by atoms with Crippen molar-refractivity contribution in [2.24, 2.45) is 0 Å². The molecule has 0 saturated heterocycles. The highest BCUT2D eigenvalue weighted by Crippen LogP contribution is 2.30. The summed E-state index contributed by atoms with van der Waals surface area (Å²) in [6, 6.07) is 24.5. The van der Waals surface area contributed by atoms with E-state index in [-0.39, 0.29) is 11.5 Å². The summed E-state index contributed by atoms with van der Waals surface area (Å²) in [5.41, 5.74) is 2.67. The highest BCUT2D eigenvalue weighted by molar-refractivity contribution is 7.87. The van der Waals surface area contributed by atoms with Crippen LogP contribution in [0.3, 0.4) is 0 Å². The molecule has 0 radical (unpaired) electrons. The second-order valence-electron chi connectivity index (χ2n) is 6.59. The fraction of sp³-hybridized carbons (Fsp3) is 0.130. The van der Waals surface area contributed by atoms with Gasteiger partial charge in [0.05, 0.1) is 19.2 Å². The van der Waals surface area contributed by atoms with Crippen LogP contribution in [-0.4, -0.2) is 26.7 Å². The van der Waals surface area contributed by atoms with Gasteiger partial charge in [-0.2, -0.15) is 8.42 Å². The summed E-state index contributed by atoms with van der Waals surface area (Å²) in [5.74, 6) is 0.738. The second-order valence-corrected chi connectivity index (χ2v) is 8.17. The lowest BCUT2D eigenvalue weighted by atomic mass is 10.2. The summed E-state index contributed by atoms with van der Waals surface area (Å²) in [7, 11) is -2.29. The maximum Gasteiger partial charge on any atom is 0.299 e. The molecular formula is C23H21NO4S. The zero-order valence-electron chi connectivity index (χ0n) is 16.0. The van der Waals surface area contributed by atoms with Gasteiger partial charge in [-0.15, -0.1) is 0 Å². The van der Waals surface area contributed by atoms with Crippen LogP contribution in [0.25, 0.3) is 16.6 Å². The molecule has 5 nitrogen and oxygen atoms in total. The van der Waals surface area contributed by atoms with Crippen molar-refractivity contribution in [2.75, 3.05) is 13.7 Å². The predicted molar refractivity (Wildman–Crippen MR) is 113 cm³/mol. The SMILES string of the molecule is COc1ccc(-n2cc(S(=O)(=O)OCCc3ccccc3)c3ccccc32)cc1. The molecule has 0 bridgehead atoms. The van der Waals surface area contributed by atoms with Crippen molar-refractivity contribution in [1.82, 2.24) is 4.57 Å². The molecule has 4 aromatic rings. The van der Waals surface area contributed by atoms with E-state index in [1.165, 1.54) is 0 Å². The van der Waals surface area contributed by atoms with Gasteiger partial charge >= 0.3 is 0 Å². The standard InChI is InChI=1S/C23H21NO4S/c1-27-20-13-11-19(12-14-20)24-17-23(21-9-5-6-10-22(21)24)29(25,26)28-16-15-18-7-3-2-4-8-18/h2-14,17H,15-16H2,1H3. The molecule has 0 amide bonds. The Bertz CT molecular complexity index is 1210. The summed E-state index contributed by atoms with van der Waals surface area (Å²) in [5, 5.41) is 0.628. The van der Waals surface area contributed by atoms with Crippen LogP contribution in [0.15, 0.2) is 90.0 Å². The molecule has 1 aromatic heterocycles. The lowest BCUT2D eigenvalue weighted by Gasteiger charge is -2.06. The van der Waals surface area contributed by atoms with E-state index in [4.69, 9.17) is 8.92 Å². The Balaban J connectivity index is 1.66. The average molecular weight is 407 g/mol. The number of methoxy groups -OCH3 is 1. The summed E-state index contributed by atoms with van der Waals surface area (Å²) in [4.78, 5) is 0.164. The molecule has 1 heterocycles. The van der Waals surface area contributed by atoms with Crippen molar-refractivity contribution in [3.05, 3.63) is 90.6 Å². The Morgan fingerprint density at radius 1 is 0.862 bits per heavy atom. The first-order valence-corrected chi connectivity index (χ1v) is 10.7. The third-order valence-corrected chi connectivity index (χ3v) is 6.11. The number of ether oxygens (including phenoxy) is 1. The number of rotatable bonds is 7. The van der Waals surface area contributed by atoms with Gasteiger partial charge in [0.2, 0.25) is 0 Å². The lowest BCUT2D eigenvalue weighted by molar-refractivity contribution is 0.322. The molecule has 0 saturated carbocycles. The topological polar surface area (TPSA) is 57.5 Å². The summed E-state index contributed by atoms with van der Waals surface area (Å²) in [6.45, 7) is 0.0917. The third-order valence-electron chi connectivity index (χ3n) is 4.77. The van der Waals surface area contributed by atoms with Gasteiger partial charge in [-0.1, -0.05) is 48.5 Å². The monoisotopic (exact) mass is 407 g/mol. The van der Waals surface area contributed by atoms with Crippen molar-refractivity contribution in [1.29, 1.82) is 0 Å². The van der Waals surface area contributed by atoms with Gasteiger partial charge in [0.1, 0.15) is 10.6 Å². The minimum absolute atomic E-state index is 0.0917. The van der Waals surface area contributed by atoms with Crippen molar-refractivity contribution in [3.8, 4) is 11.4 Å². The molecule has 0 aliphatic carbocycles. The smallest absolute Gasteiger partial charge is 0.299 e. The normalized spacial score (nSPS) is 11.6. The van der Waals surface area contributed by atoms with E-state index >= 15 is 0 Å². The molecule has 0 fully saturated rings. The minimum Gasteiger partial charge on any atom is -0.497 e. The maximum atomic E-state index is 12.9. The van der Waals surface area contributed by atoms with Gasteiger partial charge in [0, 0.05) is 17.3 Å². The molecule has 0 spiro atoms. The molecule has 148 valence electrons. The Morgan fingerprint density at radius 2 is 1.55 bits per heavy atom. The quantitative estimate of drug-likeness (QED) is 0.421. The Morgan fingerprint density at radius 3 is 2.28 bits per heavy atom. The summed E-state index contributed by atoms with van der Waals surface area (Å²) < 4.78 is 38.3. The van der Waals surface area contributed by atoms with Crippen LogP contribution < -0.4 is 4.74 Å². The number of fused-ring (bicyclic) bond motifs is 1. The minimum atomic E-state index is -3.90. The van der Waals surface area contributed by atoms with Gasteiger partial charge in [0.25, 0.3) is 10.1 Å². The first-order chi connectivity index (χ1) is 14.1. The van der Waals surface area contributed by atoms with E-state index in [1.54, 1.807) is 19.4 Å². The number of aromatic nitrogens is 1. The first-order valence-electron chi connectivity index (χ1n) is 9.26. The van der Waals surface area contributed by atoms with Crippen molar-refractivity contribution >= 4 is 21.0 Å². The largest absolute Gasteiger partial charge is 0.497 e. The third kappa shape index (κ3) is 4.04. The van der Waals surface area contributed by atoms with Crippen molar-refractivity contribution in [3.63, 3.8) is 0 Å². The Hall–Kier alpha value is -3.09. The Labute approximate surface area is 170 Å². The Kier molecular flexibility index (Phi) is 5.38. The van der Waals surface area contributed by atoms with Gasteiger partial charge in [-0.3, -0.25) is 4.18 Å². The molecule has 4 rings (SSSR count). The van der Waals surface area contributed by atoms with E-state index < -0.39 is 10.1 Å². The maximum absolute atomic E-state index is 12.9. The molecule has 6 heteroatoms. The van der Waals surface area contributed by atoms with Crippen LogP contribution in [0.5, 0.6) is 5.75 Å². The van der Waals surface area contributed by atoms with Crippen LogP contribution in [-0.2, 0) is 20.7 Å². The molecule has 0 atom stereocenters. The molecular weight excluding hydrogens is 386 g/mol. The molecule has 3 aromatic carbocycles. The number of hydrogen-bond acceptors (Lipinski definition) is 4. The summed E-state index contributed by atoms with van der Waals surface area (Å²) in [6.07, 6.45) is 2.14. The first kappa shape index (κ1) is 19.2. The van der Waals surface area contributed by atoms with Crippen molar-refractivity contribution < 1.29 is 17.3 Å². The zero-order valence-corrected chi connectivity index (χ0v) is 16.8.